The third-order valence-electron chi connectivity index (χ3n) is 1.79. The summed E-state index contributed by atoms with van der Waals surface area (Å²) in [6.45, 7) is 1.87. The van der Waals surface area contributed by atoms with Gasteiger partial charge in [0.25, 0.3) is 0 Å². The van der Waals surface area contributed by atoms with Gasteiger partial charge in [0, 0.05) is 5.56 Å². The van der Waals surface area contributed by atoms with Crippen molar-refractivity contribution in [3.63, 3.8) is 0 Å². The number of nitrogens with one attached hydrogen (secondary N) is 1. The zero-order valence-corrected chi connectivity index (χ0v) is 6.95. The van der Waals surface area contributed by atoms with Crippen LogP contribution < -0.4 is 0 Å². The van der Waals surface area contributed by atoms with E-state index in [0.717, 1.165) is 5.56 Å². The van der Waals surface area contributed by atoms with Crippen LogP contribution in [0.3, 0.4) is 0 Å². The fourth-order valence-corrected chi connectivity index (χ4v) is 1.11. The molecule has 4 nitrogen and oxygen atoms in total. The predicted molar refractivity (Wildman–Crippen MR) is 44.3 cm³/mol. The number of rotatable bonds is 1. The minimum absolute atomic E-state index is 0.301. The third-order valence-corrected chi connectivity index (χ3v) is 1.79. The number of aromatic amines is 1. The van der Waals surface area contributed by atoms with Gasteiger partial charge in [-0.05, 0) is 29.8 Å². The van der Waals surface area contributed by atoms with Crippen LogP contribution in [0.25, 0.3) is 11.4 Å². The van der Waals surface area contributed by atoms with Gasteiger partial charge in [0.1, 0.15) is 5.82 Å². The quantitative estimate of drug-likeness (QED) is 0.716. The molecule has 1 aromatic heterocycles. The molecular formula is C8H7FN4. The van der Waals surface area contributed by atoms with Gasteiger partial charge >= 0.3 is 0 Å². The Balaban J connectivity index is 2.57. The fraction of sp³-hybridized carbons (Fsp3) is 0.125. The second-order valence-electron chi connectivity index (χ2n) is 2.69. The van der Waals surface area contributed by atoms with Gasteiger partial charge in [-0.15, -0.1) is 10.2 Å². The van der Waals surface area contributed by atoms with Crippen LogP contribution in [0.5, 0.6) is 0 Å². The number of hydrogen-bond donors (Lipinski definition) is 1. The normalized spacial score (nSPS) is 10.3. The largest absolute Gasteiger partial charge is 0.207 e. The number of aryl methyl sites for hydroxylation is 1. The molecule has 2 rings (SSSR count). The number of halogens is 1. The van der Waals surface area contributed by atoms with E-state index in [1.165, 1.54) is 12.1 Å². The maximum absolute atomic E-state index is 12.9. The van der Waals surface area contributed by atoms with Crippen molar-refractivity contribution in [1.82, 2.24) is 20.6 Å². The molecule has 0 bridgehead atoms. The molecule has 1 N–H and O–H groups in total. The van der Waals surface area contributed by atoms with E-state index in [4.69, 9.17) is 0 Å². The average molecular weight is 178 g/mol. The molecule has 0 aliphatic carbocycles. The van der Waals surface area contributed by atoms with Crippen LogP contribution in [0.4, 0.5) is 4.39 Å². The molecule has 1 heterocycles. The van der Waals surface area contributed by atoms with Gasteiger partial charge in [-0.3, -0.25) is 0 Å². The number of hydrogen-bond acceptors (Lipinski definition) is 3. The summed E-state index contributed by atoms with van der Waals surface area (Å²) >= 11 is 0. The van der Waals surface area contributed by atoms with Crippen LogP contribution in [0.1, 0.15) is 5.56 Å². The lowest BCUT2D eigenvalue weighted by molar-refractivity contribution is 0.627. The molecule has 1 aromatic carbocycles. The summed E-state index contributed by atoms with van der Waals surface area (Å²) in [5.41, 5.74) is 1.58. The highest BCUT2D eigenvalue weighted by molar-refractivity contribution is 5.58. The average Bonchev–Trinajstić information content (AvgIpc) is 2.61. The topological polar surface area (TPSA) is 54.5 Å². The van der Waals surface area contributed by atoms with Gasteiger partial charge < -0.3 is 0 Å². The molecule has 0 unspecified atom stereocenters. The molecule has 0 spiro atoms. The Morgan fingerprint density at radius 3 is 2.92 bits per heavy atom. The summed E-state index contributed by atoms with van der Waals surface area (Å²) in [5, 5.41) is 13.3. The highest BCUT2D eigenvalue weighted by atomic mass is 19.1. The van der Waals surface area contributed by atoms with Crippen LogP contribution in [-0.2, 0) is 0 Å². The highest BCUT2D eigenvalue weighted by Crippen LogP contribution is 2.19. The molecule has 0 amide bonds. The minimum atomic E-state index is -0.301. The molecule has 2 aromatic rings. The molecule has 0 saturated carbocycles. The van der Waals surface area contributed by atoms with E-state index in [1.54, 1.807) is 6.07 Å². The van der Waals surface area contributed by atoms with Gasteiger partial charge in [0.2, 0.25) is 5.82 Å². The molecule has 0 atom stereocenters. The van der Waals surface area contributed by atoms with E-state index in [0.29, 0.717) is 11.4 Å². The van der Waals surface area contributed by atoms with Crippen molar-refractivity contribution in [1.29, 1.82) is 0 Å². The smallest absolute Gasteiger partial charge is 0.205 e. The Morgan fingerprint density at radius 1 is 1.38 bits per heavy atom. The van der Waals surface area contributed by atoms with Gasteiger partial charge in [-0.25, -0.2) is 4.39 Å². The number of tetrazole rings is 1. The minimum Gasteiger partial charge on any atom is -0.207 e. The first kappa shape index (κ1) is 7.85. The summed E-state index contributed by atoms with van der Waals surface area (Å²) in [4.78, 5) is 0. The van der Waals surface area contributed by atoms with Crippen molar-refractivity contribution in [2.24, 2.45) is 0 Å². The number of benzene rings is 1. The lowest BCUT2D eigenvalue weighted by Crippen LogP contribution is -1.87. The van der Waals surface area contributed by atoms with Crippen molar-refractivity contribution >= 4 is 0 Å². The monoisotopic (exact) mass is 178 g/mol. The Labute approximate surface area is 73.8 Å². The van der Waals surface area contributed by atoms with E-state index >= 15 is 0 Å². The first-order chi connectivity index (χ1) is 6.27. The summed E-state index contributed by atoms with van der Waals surface area (Å²) < 4.78 is 12.9. The Bertz CT molecular complexity index is 410. The van der Waals surface area contributed by atoms with E-state index in [9.17, 15) is 4.39 Å². The summed E-state index contributed by atoms with van der Waals surface area (Å²) in [6, 6.07) is 4.47. The van der Waals surface area contributed by atoms with Gasteiger partial charge in [-0.2, -0.15) is 5.21 Å². The van der Waals surface area contributed by atoms with Crippen LogP contribution in [0, 0.1) is 12.7 Å². The molecule has 0 fully saturated rings. The van der Waals surface area contributed by atoms with Crippen molar-refractivity contribution in [3.8, 4) is 11.4 Å². The molecule has 5 heteroatoms. The molecule has 13 heavy (non-hydrogen) atoms. The van der Waals surface area contributed by atoms with Crippen molar-refractivity contribution in [3.05, 3.63) is 29.6 Å². The maximum Gasteiger partial charge on any atom is 0.205 e. The second kappa shape index (κ2) is 2.93. The van der Waals surface area contributed by atoms with Crippen LogP contribution in [0.2, 0.25) is 0 Å². The zero-order chi connectivity index (χ0) is 9.26. The first-order valence-corrected chi connectivity index (χ1v) is 3.77. The maximum atomic E-state index is 12.9. The summed E-state index contributed by atoms with van der Waals surface area (Å²) in [7, 11) is 0. The Morgan fingerprint density at radius 2 is 2.23 bits per heavy atom. The molecule has 0 radical (unpaired) electrons. The molecule has 66 valence electrons. The SMILES string of the molecule is Cc1ccc(F)cc1-c1nn[nH]n1. The molecule has 0 aliphatic rings. The van der Waals surface area contributed by atoms with Crippen LogP contribution in [-0.4, -0.2) is 20.6 Å². The first-order valence-electron chi connectivity index (χ1n) is 3.77. The molecular weight excluding hydrogens is 171 g/mol. The fourth-order valence-electron chi connectivity index (χ4n) is 1.11. The number of H-pyrrole nitrogens is 1. The van der Waals surface area contributed by atoms with Gasteiger partial charge in [-0.1, -0.05) is 6.07 Å². The zero-order valence-electron chi connectivity index (χ0n) is 6.95. The molecule has 0 aliphatic heterocycles. The van der Waals surface area contributed by atoms with Crippen molar-refractivity contribution in [2.75, 3.05) is 0 Å². The number of aromatic nitrogens is 4. The molecule has 0 saturated heterocycles. The van der Waals surface area contributed by atoms with E-state index in [1.807, 2.05) is 6.92 Å². The van der Waals surface area contributed by atoms with E-state index < -0.39 is 0 Å². The Hall–Kier alpha value is -1.78. The van der Waals surface area contributed by atoms with Crippen molar-refractivity contribution < 1.29 is 4.39 Å². The van der Waals surface area contributed by atoms with Crippen LogP contribution in [0.15, 0.2) is 18.2 Å². The van der Waals surface area contributed by atoms with Crippen LogP contribution >= 0.6 is 0 Å². The second-order valence-corrected chi connectivity index (χ2v) is 2.69. The summed E-state index contributed by atoms with van der Waals surface area (Å²) in [5.74, 6) is 0.113. The van der Waals surface area contributed by atoms with E-state index in [-0.39, 0.29) is 5.82 Å². The highest BCUT2D eigenvalue weighted by Gasteiger charge is 2.06. The summed E-state index contributed by atoms with van der Waals surface area (Å²) in [6.07, 6.45) is 0. The van der Waals surface area contributed by atoms with E-state index in [2.05, 4.69) is 20.6 Å². The number of nitrogens with zero attached hydrogens (tertiary/aromatic N) is 3. The Kier molecular flexibility index (Phi) is 1.77. The predicted octanol–water partition coefficient (Wildman–Crippen LogP) is 1.31. The van der Waals surface area contributed by atoms with Gasteiger partial charge in [0.15, 0.2) is 0 Å². The van der Waals surface area contributed by atoms with Gasteiger partial charge in [0.05, 0.1) is 0 Å². The lowest BCUT2D eigenvalue weighted by Gasteiger charge is -1.99. The third kappa shape index (κ3) is 1.40. The lowest BCUT2D eigenvalue weighted by atomic mass is 10.1. The standard InChI is InChI=1S/C8H7FN4/c1-5-2-3-6(9)4-7(5)8-10-12-13-11-8/h2-4H,1H3,(H,10,11,12,13). The van der Waals surface area contributed by atoms with Crippen molar-refractivity contribution in [2.45, 2.75) is 6.92 Å².